The zero-order valence-electron chi connectivity index (χ0n) is 13.6. The van der Waals surface area contributed by atoms with Gasteiger partial charge >= 0.3 is 0 Å². The Labute approximate surface area is 154 Å². The van der Waals surface area contributed by atoms with Crippen molar-refractivity contribution in [2.24, 2.45) is 0 Å². The molecule has 4 rings (SSSR count). The first-order valence-electron chi connectivity index (χ1n) is 8.19. The molecule has 25 heavy (non-hydrogen) atoms. The van der Waals surface area contributed by atoms with Gasteiger partial charge < -0.3 is 14.6 Å². The van der Waals surface area contributed by atoms with Crippen LogP contribution in [0.25, 0.3) is 11.3 Å². The molecule has 6 nitrogen and oxygen atoms in total. The van der Waals surface area contributed by atoms with Gasteiger partial charge in [-0.05, 0) is 12.8 Å². The lowest BCUT2D eigenvalue weighted by Crippen LogP contribution is -2.18. The maximum Gasteiger partial charge on any atom is 0.206 e. The highest BCUT2D eigenvalue weighted by Crippen LogP contribution is 2.29. The summed E-state index contributed by atoms with van der Waals surface area (Å²) in [5.41, 5.74) is 1.93. The lowest BCUT2D eigenvalue weighted by atomic mass is 10.2. The molecule has 0 radical (unpaired) electrons. The van der Waals surface area contributed by atoms with Gasteiger partial charge in [0, 0.05) is 30.5 Å². The Morgan fingerprint density at radius 2 is 2.16 bits per heavy atom. The van der Waals surface area contributed by atoms with Gasteiger partial charge in [0.05, 0.1) is 11.8 Å². The standard InChI is InChI=1S/C17H18N4O2S2/c1-2-5-12(6-3-1)15-9-13(21-23-15)11-24-17-20-19-16(25-17)18-10-14-7-4-8-22-14/h1-3,5-6,9,14H,4,7-8,10-11H2,(H,18,19). The third-order valence-corrected chi connectivity index (χ3v) is 5.92. The first-order chi connectivity index (χ1) is 12.4. The molecule has 1 aromatic carbocycles. The van der Waals surface area contributed by atoms with Crippen LogP contribution in [0.1, 0.15) is 18.5 Å². The normalized spacial score (nSPS) is 17.0. The Hall–Kier alpha value is -1.90. The molecule has 130 valence electrons. The summed E-state index contributed by atoms with van der Waals surface area (Å²) in [4.78, 5) is 0. The van der Waals surface area contributed by atoms with Crippen molar-refractivity contribution in [1.82, 2.24) is 15.4 Å². The summed E-state index contributed by atoms with van der Waals surface area (Å²) in [5, 5.41) is 16.7. The van der Waals surface area contributed by atoms with E-state index in [0.717, 1.165) is 52.5 Å². The zero-order valence-corrected chi connectivity index (χ0v) is 15.2. The minimum absolute atomic E-state index is 0.298. The molecule has 0 spiro atoms. The van der Waals surface area contributed by atoms with Gasteiger partial charge in [0.1, 0.15) is 0 Å². The van der Waals surface area contributed by atoms with Gasteiger partial charge in [0.25, 0.3) is 0 Å². The number of nitrogens with zero attached hydrogens (tertiary/aromatic N) is 3. The predicted molar refractivity (Wildman–Crippen MR) is 98.9 cm³/mol. The molecule has 1 saturated heterocycles. The fourth-order valence-corrected chi connectivity index (χ4v) is 4.24. The quantitative estimate of drug-likeness (QED) is 0.625. The fraction of sp³-hybridized carbons (Fsp3) is 0.353. The maximum absolute atomic E-state index is 5.60. The highest BCUT2D eigenvalue weighted by molar-refractivity contribution is 8.00. The number of hydrogen-bond donors (Lipinski definition) is 1. The van der Waals surface area contributed by atoms with Crippen LogP contribution in [0.2, 0.25) is 0 Å². The zero-order chi connectivity index (χ0) is 16.9. The van der Waals surface area contributed by atoms with E-state index in [1.165, 1.54) is 0 Å². The van der Waals surface area contributed by atoms with Crippen molar-refractivity contribution >= 4 is 28.2 Å². The second kappa shape index (κ2) is 7.99. The summed E-state index contributed by atoms with van der Waals surface area (Å²) in [7, 11) is 0. The second-order valence-corrected chi connectivity index (χ2v) is 7.93. The minimum Gasteiger partial charge on any atom is -0.376 e. The van der Waals surface area contributed by atoms with Gasteiger partial charge in [-0.1, -0.05) is 58.6 Å². The minimum atomic E-state index is 0.298. The number of nitrogens with one attached hydrogen (secondary N) is 1. The van der Waals surface area contributed by atoms with E-state index in [-0.39, 0.29) is 0 Å². The van der Waals surface area contributed by atoms with Crippen molar-refractivity contribution in [3.63, 3.8) is 0 Å². The molecule has 3 heterocycles. The Kier molecular flexibility index (Phi) is 5.29. The number of ether oxygens (including phenoxy) is 1. The number of aromatic nitrogens is 3. The van der Waals surface area contributed by atoms with Crippen molar-refractivity contribution in [3.05, 3.63) is 42.1 Å². The largest absolute Gasteiger partial charge is 0.376 e. The van der Waals surface area contributed by atoms with Crippen LogP contribution in [0, 0.1) is 0 Å². The van der Waals surface area contributed by atoms with Gasteiger partial charge in [0.15, 0.2) is 10.1 Å². The van der Waals surface area contributed by atoms with Crippen molar-refractivity contribution < 1.29 is 9.26 Å². The Bertz CT molecular complexity index is 800. The molecular formula is C17H18N4O2S2. The summed E-state index contributed by atoms with van der Waals surface area (Å²) in [6, 6.07) is 11.9. The van der Waals surface area contributed by atoms with E-state index in [9.17, 15) is 0 Å². The summed E-state index contributed by atoms with van der Waals surface area (Å²) in [6.45, 7) is 1.66. The summed E-state index contributed by atoms with van der Waals surface area (Å²) in [6.07, 6.45) is 2.56. The molecule has 1 atom stereocenters. The maximum atomic E-state index is 5.60. The second-order valence-electron chi connectivity index (χ2n) is 5.73. The van der Waals surface area contributed by atoms with Gasteiger partial charge in [-0.15, -0.1) is 10.2 Å². The number of rotatable bonds is 7. The highest BCUT2D eigenvalue weighted by Gasteiger charge is 2.16. The van der Waals surface area contributed by atoms with Crippen molar-refractivity contribution in [3.8, 4) is 11.3 Å². The van der Waals surface area contributed by atoms with E-state index >= 15 is 0 Å². The Balaban J connectivity index is 1.29. The van der Waals surface area contributed by atoms with E-state index < -0.39 is 0 Å². The van der Waals surface area contributed by atoms with Crippen LogP contribution >= 0.6 is 23.1 Å². The van der Waals surface area contributed by atoms with E-state index in [4.69, 9.17) is 9.26 Å². The lowest BCUT2D eigenvalue weighted by Gasteiger charge is -2.08. The van der Waals surface area contributed by atoms with Crippen LogP contribution in [-0.2, 0) is 10.5 Å². The average molecular weight is 374 g/mol. The molecule has 1 aliphatic rings. The number of benzene rings is 1. The molecule has 2 aromatic heterocycles. The fourth-order valence-electron chi connectivity index (χ4n) is 2.60. The summed E-state index contributed by atoms with van der Waals surface area (Å²) >= 11 is 3.17. The molecule has 1 unspecified atom stereocenters. The van der Waals surface area contributed by atoms with Crippen molar-refractivity contribution in [2.75, 3.05) is 18.5 Å². The summed E-state index contributed by atoms with van der Waals surface area (Å²) in [5.74, 6) is 1.49. The van der Waals surface area contributed by atoms with E-state index in [0.29, 0.717) is 11.9 Å². The molecule has 3 aromatic rings. The highest BCUT2D eigenvalue weighted by atomic mass is 32.2. The Morgan fingerprint density at radius 1 is 1.24 bits per heavy atom. The van der Waals surface area contributed by atoms with Crippen LogP contribution in [-0.4, -0.2) is 34.6 Å². The van der Waals surface area contributed by atoms with E-state index in [1.807, 2.05) is 36.4 Å². The molecule has 8 heteroatoms. The predicted octanol–water partition coefficient (Wildman–Crippen LogP) is 4.08. The van der Waals surface area contributed by atoms with Gasteiger partial charge in [-0.2, -0.15) is 0 Å². The SMILES string of the molecule is c1ccc(-c2cc(CSc3nnc(NCC4CCCO4)s3)no2)cc1. The molecule has 1 aliphatic heterocycles. The van der Waals surface area contributed by atoms with E-state index in [1.54, 1.807) is 23.1 Å². The lowest BCUT2D eigenvalue weighted by molar-refractivity contribution is 0.120. The molecule has 0 saturated carbocycles. The van der Waals surface area contributed by atoms with Crippen molar-refractivity contribution in [2.45, 2.75) is 29.0 Å². The number of thioether (sulfide) groups is 1. The van der Waals surface area contributed by atoms with Crippen LogP contribution in [0.5, 0.6) is 0 Å². The van der Waals surface area contributed by atoms with Gasteiger partial charge in [0.2, 0.25) is 5.13 Å². The summed E-state index contributed by atoms with van der Waals surface area (Å²) < 4.78 is 11.9. The topological polar surface area (TPSA) is 73.1 Å². The van der Waals surface area contributed by atoms with Crippen LogP contribution in [0.4, 0.5) is 5.13 Å². The van der Waals surface area contributed by atoms with E-state index in [2.05, 4.69) is 20.7 Å². The monoisotopic (exact) mass is 374 g/mol. The van der Waals surface area contributed by atoms with Crippen molar-refractivity contribution in [1.29, 1.82) is 0 Å². The Morgan fingerprint density at radius 3 is 3.00 bits per heavy atom. The molecule has 0 aliphatic carbocycles. The van der Waals surface area contributed by atoms with Crippen LogP contribution in [0.15, 0.2) is 45.3 Å². The first kappa shape index (κ1) is 16.6. The molecule has 0 bridgehead atoms. The number of hydrogen-bond acceptors (Lipinski definition) is 8. The first-order valence-corrected chi connectivity index (χ1v) is 10.00. The average Bonchev–Trinajstić information content (AvgIpc) is 3.40. The van der Waals surface area contributed by atoms with Gasteiger partial charge in [-0.25, -0.2) is 0 Å². The smallest absolute Gasteiger partial charge is 0.206 e. The third kappa shape index (κ3) is 4.39. The van der Waals surface area contributed by atoms with Gasteiger partial charge in [-0.3, -0.25) is 0 Å². The van der Waals surface area contributed by atoms with Crippen LogP contribution in [0.3, 0.4) is 0 Å². The third-order valence-electron chi connectivity index (χ3n) is 3.87. The molecule has 1 fully saturated rings. The molecule has 0 amide bonds. The van der Waals surface area contributed by atoms with Crippen LogP contribution < -0.4 is 5.32 Å². The molecule has 1 N–H and O–H groups in total. The molecular weight excluding hydrogens is 356 g/mol. The number of anilines is 1.